The van der Waals surface area contributed by atoms with Crippen molar-refractivity contribution in [2.75, 3.05) is 7.11 Å². The van der Waals surface area contributed by atoms with Crippen LogP contribution in [0.1, 0.15) is 22.7 Å². The Bertz CT molecular complexity index is 646. The first-order chi connectivity index (χ1) is 10.2. The highest BCUT2D eigenvalue weighted by Gasteiger charge is 2.30. The minimum atomic E-state index is 0.0977. The first-order valence-corrected chi connectivity index (χ1v) is 8.19. The highest BCUT2D eigenvalue weighted by Crippen LogP contribution is 2.35. The molecule has 2 unspecified atom stereocenters. The molecule has 0 spiro atoms. The average molecular weight is 367 g/mol. The van der Waals surface area contributed by atoms with Crippen LogP contribution in [0.4, 0.5) is 0 Å². The molecule has 2 atom stereocenters. The maximum atomic E-state index is 6.51. The third-order valence-electron chi connectivity index (χ3n) is 3.92. The van der Waals surface area contributed by atoms with Crippen LogP contribution in [0.15, 0.2) is 46.9 Å². The first-order valence-electron chi connectivity index (χ1n) is 6.96. The molecule has 1 N–H and O–H groups in total. The molecule has 110 valence electrons. The van der Waals surface area contributed by atoms with Crippen LogP contribution in [-0.4, -0.2) is 12.5 Å². The van der Waals surface area contributed by atoms with E-state index in [4.69, 9.17) is 16.3 Å². The van der Waals surface area contributed by atoms with Crippen LogP contribution in [-0.2, 0) is 13.0 Å². The molecule has 0 aliphatic heterocycles. The van der Waals surface area contributed by atoms with E-state index in [1.165, 1.54) is 11.1 Å². The van der Waals surface area contributed by atoms with E-state index in [0.717, 1.165) is 28.8 Å². The topological polar surface area (TPSA) is 21.3 Å². The molecule has 0 heterocycles. The second kappa shape index (κ2) is 6.39. The second-order valence-electron chi connectivity index (χ2n) is 5.23. The van der Waals surface area contributed by atoms with E-state index < -0.39 is 0 Å². The average Bonchev–Trinajstić information content (AvgIpc) is 2.81. The van der Waals surface area contributed by atoms with Crippen molar-refractivity contribution in [3.8, 4) is 5.75 Å². The van der Waals surface area contributed by atoms with Gasteiger partial charge in [0.1, 0.15) is 5.75 Å². The van der Waals surface area contributed by atoms with Gasteiger partial charge in [-0.05, 0) is 35.7 Å². The van der Waals surface area contributed by atoms with Gasteiger partial charge >= 0.3 is 0 Å². The van der Waals surface area contributed by atoms with Crippen LogP contribution in [0.3, 0.4) is 0 Å². The fraction of sp³-hybridized carbons (Fsp3) is 0.294. The summed E-state index contributed by atoms with van der Waals surface area (Å²) >= 11 is 10.0. The van der Waals surface area contributed by atoms with Crippen molar-refractivity contribution in [2.45, 2.75) is 24.4 Å². The third kappa shape index (κ3) is 3.10. The Morgan fingerprint density at radius 3 is 2.90 bits per heavy atom. The lowest BCUT2D eigenvalue weighted by Crippen LogP contribution is -2.25. The molecule has 1 aliphatic rings. The van der Waals surface area contributed by atoms with E-state index in [0.29, 0.717) is 0 Å². The van der Waals surface area contributed by atoms with Crippen LogP contribution < -0.4 is 10.1 Å². The predicted molar refractivity (Wildman–Crippen MR) is 90.1 cm³/mol. The van der Waals surface area contributed by atoms with E-state index in [1.807, 2.05) is 12.1 Å². The van der Waals surface area contributed by atoms with Gasteiger partial charge in [0.15, 0.2) is 0 Å². The Morgan fingerprint density at radius 1 is 1.29 bits per heavy atom. The fourth-order valence-electron chi connectivity index (χ4n) is 2.89. The molecule has 0 bridgehead atoms. The van der Waals surface area contributed by atoms with Crippen molar-refractivity contribution in [1.29, 1.82) is 0 Å². The quantitative estimate of drug-likeness (QED) is 0.807. The van der Waals surface area contributed by atoms with E-state index in [9.17, 15) is 0 Å². The van der Waals surface area contributed by atoms with Gasteiger partial charge in [-0.25, -0.2) is 0 Å². The normalized spacial score (nSPS) is 20.3. The molecule has 21 heavy (non-hydrogen) atoms. The SMILES string of the molecule is COc1ccc(Br)cc1CNC1c2ccccc2CC1Cl. The van der Waals surface area contributed by atoms with E-state index >= 15 is 0 Å². The van der Waals surface area contributed by atoms with Gasteiger partial charge in [0.25, 0.3) is 0 Å². The zero-order valence-electron chi connectivity index (χ0n) is 11.8. The molecule has 2 aromatic rings. The monoisotopic (exact) mass is 365 g/mol. The molecule has 0 saturated carbocycles. The highest BCUT2D eigenvalue weighted by atomic mass is 79.9. The number of alkyl halides is 1. The molecule has 2 nitrogen and oxygen atoms in total. The molecule has 4 heteroatoms. The summed E-state index contributed by atoms with van der Waals surface area (Å²) in [6.45, 7) is 0.727. The summed E-state index contributed by atoms with van der Waals surface area (Å²) in [6.07, 6.45) is 0.922. The predicted octanol–water partition coefficient (Wildman–Crippen LogP) is 4.45. The molecule has 3 rings (SSSR count). The van der Waals surface area contributed by atoms with Gasteiger partial charge in [0, 0.05) is 22.6 Å². The molecular weight excluding hydrogens is 350 g/mol. The number of hydrogen-bond donors (Lipinski definition) is 1. The van der Waals surface area contributed by atoms with Gasteiger partial charge in [0.2, 0.25) is 0 Å². The third-order valence-corrected chi connectivity index (χ3v) is 4.82. The number of benzene rings is 2. The number of halogens is 2. The standard InChI is InChI=1S/C17H17BrClNO/c1-21-16-7-6-13(18)8-12(16)10-20-17-14-5-3-2-4-11(14)9-15(17)19/h2-8,15,17,20H,9-10H2,1H3. The highest BCUT2D eigenvalue weighted by molar-refractivity contribution is 9.10. The molecule has 0 fully saturated rings. The largest absolute Gasteiger partial charge is 0.496 e. The molecule has 0 aromatic heterocycles. The molecular formula is C17H17BrClNO. The number of rotatable bonds is 4. The maximum Gasteiger partial charge on any atom is 0.123 e. The Kier molecular flexibility index (Phi) is 4.53. The summed E-state index contributed by atoms with van der Waals surface area (Å²) in [7, 11) is 1.70. The van der Waals surface area contributed by atoms with Gasteiger partial charge in [-0.3, -0.25) is 0 Å². The number of ether oxygens (including phenoxy) is 1. The van der Waals surface area contributed by atoms with Gasteiger partial charge in [-0.1, -0.05) is 40.2 Å². The van der Waals surface area contributed by atoms with Crippen LogP contribution in [0.2, 0.25) is 0 Å². The zero-order chi connectivity index (χ0) is 14.8. The molecule has 0 saturated heterocycles. The lowest BCUT2D eigenvalue weighted by molar-refractivity contribution is 0.405. The van der Waals surface area contributed by atoms with Gasteiger partial charge in [-0.15, -0.1) is 11.6 Å². The van der Waals surface area contributed by atoms with E-state index in [2.05, 4.69) is 51.6 Å². The Hall–Kier alpha value is -1.03. The second-order valence-corrected chi connectivity index (χ2v) is 6.71. The lowest BCUT2D eigenvalue weighted by Gasteiger charge is -2.18. The first kappa shape index (κ1) is 14.9. The Labute approximate surface area is 138 Å². The maximum absolute atomic E-state index is 6.51. The fourth-order valence-corrected chi connectivity index (χ4v) is 3.69. The number of hydrogen-bond acceptors (Lipinski definition) is 2. The van der Waals surface area contributed by atoms with Gasteiger partial charge in [-0.2, -0.15) is 0 Å². The Balaban J connectivity index is 1.78. The van der Waals surface area contributed by atoms with Gasteiger partial charge in [0.05, 0.1) is 12.5 Å². The van der Waals surface area contributed by atoms with E-state index in [1.54, 1.807) is 7.11 Å². The molecule has 0 radical (unpaired) electrons. The summed E-state index contributed by atoms with van der Waals surface area (Å²) in [5.41, 5.74) is 3.78. The summed E-state index contributed by atoms with van der Waals surface area (Å²) < 4.78 is 6.47. The van der Waals surface area contributed by atoms with Crippen LogP contribution in [0.25, 0.3) is 0 Å². The number of methoxy groups -OCH3 is 1. The van der Waals surface area contributed by atoms with Crippen LogP contribution in [0, 0.1) is 0 Å². The molecule has 2 aromatic carbocycles. The summed E-state index contributed by atoms with van der Waals surface area (Å²) in [6, 6.07) is 14.7. The lowest BCUT2D eigenvalue weighted by atomic mass is 10.1. The number of nitrogens with one attached hydrogen (secondary N) is 1. The van der Waals surface area contributed by atoms with Crippen LogP contribution in [0.5, 0.6) is 5.75 Å². The summed E-state index contributed by atoms with van der Waals surface area (Å²) in [4.78, 5) is 0. The minimum absolute atomic E-state index is 0.0977. The molecule has 1 aliphatic carbocycles. The van der Waals surface area contributed by atoms with Crippen molar-refractivity contribution in [3.05, 3.63) is 63.6 Å². The smallest absolute Gasteiger partial charge is 0.123 e. The van der Waals surface area contributed by atoms with Crippen LogP contribution >= 0.6 is 27.5 Å². The van der Waals surface area contributed by atoms with Crippen molar-refractivity contribution in [1.82, 2.24) is 5.32 Å². The van der Waals surface area contributed by atoms with Crippen molar-refractivity contribution >= 4 is 27.5 Å². The summed E-state index contributed by atoms with van der Waals surface area (Å²) in [5.74, 6) is 0.892. The Morgan fingerprint density at radius 2 is 2.10 bits per heavy atom. The summed E-state index contributed by atoms with van der Waals surface area (Å²) in [5, 5.41) is 3.67. The van der Waals surface area contributed by atoms with Crippen molar-refractivity contribution in [3.63, 3.8) is 0 Å². The minimum Gasteiger partial charge on any atom is -0.496 e. The molecule has 0 amide bonds. The van der Waals surface area contributed by atoms with Crippen molar-refractivity contribution < 1.29 is 4.74 Å². The zero-order valence-corrected chi connectivity index (χ0v) is 14.1. The van der Waals surface area contributed by atoms with Crippen molar-refractivity contribution in [2.24, 2.45) is 0 Å². The van der Waals surface area contributed by atoms with Gasteiger partial charge < -0.3 is 10.1 Å². The number of fused-ring (bicyclic) bond motifs is 1. The van der Waals surface area contributed by atoms with E-state index in [-0.39, 0.29) is 11.4 Å².